The number of hydrogen-bond donors (Lipinski definition) is 1. The van der Waals surface area contributed by atoms with Crippen molar-refractivity contribution in [2.75, 3.05) is 6.61 Å². The summed E-state index contributed by atoms with van der Waals surface area (Å²) in [5.41, 5.74) is 3.36. The van der Waals surface area contributed by atoms with E-state index < -0.39 is 5.97 Å². The highest BCUT2D eigenvalue weighted by molar-refractivity contribution is 5.68. The number of carbonyl (C=O) groups is 1. The maximum absolute atomic E-state index is 10.8. The molecule has 18 heavy (non-hydrogen) atoms. The molecule has 0 aliphatic heterocycles. The second-order valence-electron chi connectivity index (χ2n) is 5.51. The van der Waals surface area contributed by atoms with Crippen LogP contribution < -0.4 is 4.74 Å². The number of carboxylic acid groups (broad SMARTS) is 1. The molecule has 0 amide bonds. The standard InChI is InChI=1S/C15H20O3/c1-10-4-5-11(2)14(12(10)3)18-9-15(6-7-15)8-13(16)17/h4-5H,6-9H2,1-3H3,(H,16,17). The lowest BCUT2D eigenvalue weighted by Gasteiger charge is -2.18. The SMILES string of the molecule is Cc1ccc(C)c(OCC2(CC(=O)O)CC2)c1C. The number of rotatable bonds is 5. The molecule has 1 aliphatic rings. The van der Waals surface area contributed by atoms with Gasteiger partial charge in [0, 0.05) is 5.41 Å². The molecule has 1 fully saturated rings. The van der Waals surface area contributed by atoms with Crippen LogP contribution in [0, 0.1) is 26.2 Å². The molecule has 0 radical (unpaired) electrons. The lowest BCUT2D eigenvalue weighted by atomic mass is 10.0. The molecule has 0 unspecified atom stereocenters. The molecule has 0 bridgehead atoms. The van der Waals surface area contributed by atoms with Gasteiger partial charge in [0.05, 0.1) is 13.0 Å². The Labute approximate surface area is 108 Å². The molecule has 0 spiro atoms. The monoisotopic (exact) mass is 248 g/mol. The van der Waals surface area contributed by atoms with Crippen LogP contribution in [0.2, 0.25) is 0 Å². The van der Waals surface area contributed by atoms with E-state index in [2.05, 4.69) is 26.0 Å². The predicted molar refractivity (Wildman–Crippen MR) is 70.1 cm³/mol. The van der Waals surface area contributed by atoms with Crippen molar-refractivity contribution in [2.45, 2.75) is 40.0 Å². The molecule has 0 heterocycles. The molecule has 1 aromatic rings. The van der Waals surface area contributed by atoms with Gasteiger partial charge in [0.2, 0.25) is 0 Å². The van der Waals surface area contributed by atoms with Crippen LogP contribution in [0.3, 0.4) is 0 Å². The van der Waals surface area contributed by atoms with Crippen LogP contribution in [0.5, 0.6) is 5.75 Å². The highest BCUT2D eigenvalue weighted by Crippen LogP contribution is 2.49. The second-order valence-corrected chi connectivity index (χ2v) is 5.51. The van der Waals surface area contributed by atoms with Gasteiger partial charge in [-0.25, -0.2) is 0 Å². The average Bonchev–Trinajstić information content (AvgIpc) is 3.03. The van der Waals surface area contributed by atoms with Gasteiger partial charge in [0.25, 0.3) is 0 Å². The van der Waals surface area contributed by atoms with Gasteiger partial charge in [-0.3, -0.25) is 4.79 Å². The minimum atomic E-state index is -0.728. The van der Waals surface area contributed by atoms with Crippen LogP contribution in [0.1, 0.15) is 36.0 Å². The van der Waals surface area contributed by atoms with Crippen molar-refractivity contribution in [1.82, 2.24) is 0 Å². The molecule has 3 nitrogen and oxygen atoms in total. The van der Waals surface area contributed by atoms with E-state index in [0.29, 0.717) is 6.61 Å². The van der Waals surface area contributed by atoms with Crippen LogP contribution in [-0.4, -0.2) is 17.7 Å². The van der Waals surface area contributed by atoms with E-state index in [1.165, 1.54) is 5.56 Å². The third-order valence-corrected chi connectivity index (χ3v) is 3.88. The second kappa shape index (κ2) is 4.63. The maximum atomic E-state index is 10.8. The van der Waals surface area contributed by atoms with Crippen molar-refractivity contribution >= 4 is 5.97 Å². The number of ether oxygens (including phenoxy) is 1. The van der Waals surface area contributed by atoms with Gasteiger partial charge in [-0.1, -0.05) is 12.1 Å². The van der Waals surface area contributed by atoms with E-state index in [0.717, 1.165) is 29.7 Å². The number of benzene rings is 1. The summed E-state index contributed by atoms with van der Waals surface area (Å²) in [5, 5.41) is 8.88. The molecule has 3 heteroatoms. The van der Waals surface area contributed by atoms with Crippen LogP contribution in [0.25, 0.3) is 0 Å². The van der Waals surface area contributed by atoms with Crippen molar-refractivity contribution in [3.05, 3.63) is 28.8 Å². The first kappa shape index (κ1) is 12.9. The summed E-state index contributed by atoms with van der Waals surface area (Å²) in [6, 6.07) is 4.14. The third kappa shape index (κ3) is 2.66. The van der Waals surface area contributed by atoms with Crippen molar-refractivity contribution in [3.63, 3.8) is 0 Å². The Morgan fingerprint density at radius 1 is 1.28 bits per heavy atom. The zero-order valence-electron chi connectivity index (χ0n) is 11.2. The predicted octanol–water partition coefficient (Wildman–Crippen LogP) is 3.25. The first-order valence-electron chi connectivity index (χ1n) is 6.35. The van der Waals surface area contributed by atoms with Gasteiger partial charge >= 0.3 is 5.97 Å². The Bertz CT molecular complexity index is 473. The van der Waals surface area contributed by atoms with Crippen LogP contribution in [0.15, 0.2) is 12.1 Å². The average molecular weight is 248 g/mol. The number of aryl methyl sites for hydroxylation is 2. The zero-order chi connectivity index (χ0) is 13.3. The van der Waals surface area contributed by atoms with E-state index in [4.69, 9.17) is 9.84 Å². The van der Waals surface area contributed by atoms with Gasteiger partial charge in [-0.05, 0) is 50.3 Å². The quantitative estimate of drug-likeness (QED) is 0.870. The molecule has 0 atom stereocenters. The molecule has 98 valence electrons. The van der Waals surface area contributed by atoms with Gasteiger partial charge < -0.3 is 9.84 Å². The highest BCUT2D eigenvalue weighted by Gasteiger charge is 2.45. The first-order chi connectivity index (χ1) is 8.43. The fourth-order valence-electron chi connectivity index (χ4n) is 2.24. The Balaban J connectivity index is 2.07. The van der Waals surface area contributed by atoms with Crippen molar-refractivity contribution < 1.29 is 14.6 Å². The smallest absolute Gasteiger partial charge is 0.304 e. The van der Waals surface area contributed by atoms with E-state index in [1.807, 2.05) is 6.92 Å². The minimum Gasteiger partial charge on any atom is -0.492 e. The van der Waals surface area contributed by atoms with Crippen LogP contribution in [0.4, 0.5) is 0 Å². The lowest BCUT2D eigenvalue weighted by Crippen LogP contribution is -2.18. The number of aliphatic carboxylic acids is 1. The summed E-state index contributed by atoms with van der Waals surface area (Å²) in [6.45, 7) is 6.66. The van der Waals surface area contributed by atoms with Gasteiger partial charge in [0.15, 0.2) is 0 Å². The molecule has 0 saturated heterocycles. The Kier molecular flexibility index (Phi) is 3.33. The fourth-order valence-corrected chi connectivity index (χ4v) is 2.24. The summed E-state index contributed by atoms with van der Waals surface area (Å²) in [7, 11) is 0. The summed E-state index contributed by atoms with van der Waals surface area (Å²) in [5.74, 6) is 0.195. The summed E-state index contributed by atoms with van der Waals surface area (Å²) < 4.78 is 5.91. The van der Waals surface area contributed by atoms with Crippen LogP contribution >= 0.6 is 0 Å². The number of carboxylic acids is 1. The number of hydrogen-bond acceptors (Lipinski definition) is 2. The highest BCUT2D eigenvalue weighted by atomic mass is 16.5. The molecule has 2 rings (SSSR count). The van der Waals surface area contributed by atoms with Crippen LogP contribution in [-0.2, 0) is 4.79 Å². The molecule has 1 aliphatic carbocycles. The fraction of sp³-hybridized carbons (Fsp3) is 0.533. The lowest BCUT2D eigenvalue weighted by molar-refractivity contribution is -0.138. The Hall–Kier alpha value is -1.51. The summed E-state index contributed by atoms with van der Waals surface area (Å²) in [4.78, 5) is 10.8. The van der Waals surface area contributed by atoms with Crippen molar-refractivity contribution in [3.8, 4) is 5.75 Å². The minimum absolute atomic E-state index is 0.117. The molecule has 1 aromatic carbocycles. The molecule has 1 N–H and O–H groups in total. The van der Waals surface area contributed by atoms with E-state index in [9.17, 15) is 4.79 Å². The van der Waals surface area contributed by atoms with Crippen molar-refractivity contribution in [1.29, 1.82) is 0 Å². The molecular formula is C15H20O3. The largest absolute Gasteiger partial charge is 0.492 e. The van der Waals surface area contributed by atoms with E-state index in [-0.39, 0.29) is 11.8 Å². The first-order valence-corrected chi connectivity index (χ1v) is 6.35. The van der Waals surface area contributed by atoms with Crippen molar-refractivity contribution in [2.24, 2.45) is 5.41 Å². The van der Waals surface area contributed by atoms with Gasteiger partial charge in [-0.15, -0.1) is 0 Å². The Morgan fingerprint density at radius 2 is 1.89 bits per heavy atom. The zero-order valence-corrected chi connectivity index (χ0v) is 11.2. The summed E-state index contributed by atoms with van der Waals surface area (Å²) in [6.07, 6.45) is 2.14. The molecule has 1 saturated carbocycles. The summed E-state index contributed by atoms with van der Waals surface area (Å²) >= 11 is 0. The Morgan fingerprint density at radius 3 is 2.44 bits per heavy atom. The van der Waals surface area contributed by atoms with Gasteiger partial charge in [-0.2, -0.15) is 0 Å². The molecule has 0 aromatic heterocycles. The van der Waals surface area contributed by atoms with E-state index >= 15 is 0 Å². The topological polar surface area (TPSA) is 46.5 Å². The third-order valence-electron chi connectivity index (χ3n) is 3.88. The maximum Gasteiger partial charge on any atom is 0.304 e. The molecular weight excluding hydrogens is 228 g/mol. The van der Waals surface area contributed by atoms with E-state index in [1.54, 1.807) is 0 Å². The van der Waals surface area contributed by atoms with Gasteiger partial charge in [0.1, 0.15) is 5.75 Å². The normalized spacial score (nSPS) is 16.4.